The molecule has 1 aromatic heterocycles. The first-order valence-electron chi connectivity index (χ1n) is 5.51. The highest BCUT2D eigenvalue weighted by Gasteiger charge is 2.15. The van der Waals surface area contributed by atoms with Crippen molar-refractivity contribution in [1.82, 2.24) is 4.98 Å². The van der Waals surface area contributed by atoms with Crippen LogP contribution in [0, 0.1) is 18.6 Å². The van der Waals surface area contributed by atoms with Gasteiger partial charge in [-0.2, -0.15) is 0 Å². The molecule has 0 radical (unpaired) electrons. The maximum absolute atomic E-state index is 13.8. The number of hydrogen-bond donors (Lipinski definition) is 2. The average molecular weight is 299 g/mol. The molecule has 0 aliphatic rings. The molecule has 0 amide bonds. The van der Waals surface area contributed by atoms with Crippen LogP contribution in [0.4, 0.5) is 20.3 Å². The van der Waals surface area contributed by atoms with Crippen molar-refractivity contribution in [3.63, 3.8) is 0 Å². The van der Waals surface area contributed by atoms with Gasteiger partial charge in [-0.3, -0.25) is 0 Å². The monoisotopic (exact) mass is 298 g/mol. The number of aromatic nitrogens is 1. The fourth-order valence-corrected chi connectivity index (χ4v) is 1.75. The van der Waals surface area contributed by atoms with Crippen molar-refractivity contribution in [1.29, 1.82) is 0 Å². The van der Waals surface area contributed by atoms with Crippen LogP contribution in [-0.2, 0) is 0 Å². The van der Waals surface area contributed by atoms with Crippen LogP contribution in [0.5, 0.6) is 0 Å². The van der Waals surface area contributed by atoms with E-state index in [9.17, 15) is 13.6 Å². The quantitative estimate of drug-likeness (QED) is 0.905. The molecular weight excluding hydrogens is 290 g/mol. The minimum atomic E-state index is -1.33. The van der Waals surface area contributed by atoms with E-state index in [4.69, 9.17) is 16.7 Å². The number of aromatic carboxylic acids is 1. The Morgan fingerprint density at radius 1 is 1.30 bits per heavy atom. The summed E-state index contributed by atoms with van der Waals surface area (Å²) in [6.07, 6.45) is 0. The first-order valence-corrected chi connectivity index (χ1v) is 5.89. The number of carboxylic acid groups (broad SMARTS) is 1. The molecule has 1 aromatic carbocycles. The van der Waals surface area contributed by atoms with Crippen LogP contribution >= 0.6 is 11.6 Å². The first-order chi connectivity index (χ1) is 9.40. The van der Waals surface area contributed by atoms with Gasteiger partial charge in [0.15, 0.2) is 11.5 Å². The average Bonchev–Trinajstić information content (AvgIpc) is 2.40. The number of nitrogens with one attached hydrogen (secondary N) is 1. The molecule has 0 aliphatic heterocycles. The molecule has 104 valence electrons. The minimum absolute atomic E-state index is 0.0183. The van der Waals surface area contributed by atoms with Crippen molar-refractivity contribution < 1.29 is 18.7 Å². The van der Waals surface area contributed by atoms with Crippen molar-refractivity contribution in [2.24, 2.45) is 0 Å². The van der Waals surface area contributed by atoms with Crippen LogP contribution in [0.1, 0.15) is 16.1 Å². The lowest BCUT2D eigenvalue weighted by Gasteiger charge is -2.10. The van der Waals surface area contributed by atoms with Gasteiger partial charge in [0, 0.05) is 0 Å². The SMILES string of the molecule is Cc1ccc(F)c(Nc2ccc(Cl)c(C(=O)O)n2)c1F. The highest BCUT2D eigenvalue weighted by atomic mass is 35.5. The summed E-state index contributed by atoms with van der Waals surface area (Å²) in [6, 6.07) is 5.02. The van der Waals surface area contributed by atoms with Crippen LogP contribution < -0.4 is 5.32 Å². The minimum Gasteiger partial charge on any atom is -0.476 e. The fraction of sp³-hybridized carbons (Fsp3) is 0.0769. The molecule has 0 bridgehead atoms. The van der Waals surface area contributed by atoms with Crippen LogP contribution in [-0.4, -0.2) is 16.1 Å². The van der Waals surface area contributed by atoms with E-state index in [0.717, 1.165) is 6.07 Å². The highest BCUT2D eigenvalue weighted by molar-refractivity contribution is 6.33. The van der Waals surface area contributed by atoms with Crippen molar-refractivity contribution in [2.75, 3.05) is 5.32 Å². The molecule has 0 unspecified atom stereocenters. The molecule has 1 heterocycles. The second-order valence-electron chi connectivity index (χ2n) is 4.01. The molecule has 20 heavy (non-hydrogen) atoms. The van der Waals surface area contributed by atoms with Gasteiger partial charge in [-0.05, 0) is 30.7 Å². The predicted molar refractivity (Wildman–Crippen MR) is 70.6 cm³/mol. The van der Waals surface area contributed by atoms with E-state index in [2.05, 4.69) is 10.3 Å². The van der Waals surface area contributed by atoms with Gasteiger partial charge in [-0.15, -0.1) is 0 Å². The number of pyridine rings is 1. The van der Waals surface area contributed by atoms with Gasteiger partial charge in [-0.25, -0.2) is 18.6 Å². The number of hydrogen-bond acceptors (Lipinski definition) is 3. The lowest BCUT2D eigenvalue weighted by molar-refractivity contribution is 0.0691. The molecule has 0 saturated carbocycles. The standard InChI is InChI=1S/C13H9ClF2N2O2/c1-6-2-4-8(15)12(10(6)16)18-9-5-3-7(14)11(17-9)13(19)20/h2-5H,1H3,(H,17,18)(H,19,20). The lowest BCUT2D eigenvalue weighted by Crippen LogP contribution is -2.06. The summed E-state index contributed by atoms with van der Waals surface area (Å²) >= 11 is 5.66. The number of anilines is 2. The molecule has 2 N–H and O–H groups in total. The van der Waals surface area contributed by atoms with E-state index < -0.39 is 29.0 Å². The Labute approximate surface area is 118 Å². The Morgan fingerprint density at radius 3 is 2.65 bits per heavy atom. The zero-order valence-electron chi connectivity index (χ0n) is 10.2. The number of carboxylic acids is 1. The predicted octanol–water partition coefficient (Wildman–Crippen LogP) is 3.76. The number of rotatable bonds is 3. The van der Waals surface area contributed by atoms with Gasteiger partial charge >= 0.3 is 5.97 Å². The summed E-state index contributed by atoms with van der Waals surface area (Å²) in [5.74, 6) is -2.92. The Morgan fingerprint density at radius 2 is 2.00 bits per heavy atom. The molecular formula is C13H9ClF2N2O2. The molecule has 2 rings (SSSR count). The van der Waals surface area contributed by atoms with E-state index in [1.807, 2.05) is 0 Å². The highest BCUT2D eigenvalue weighted by Crippen LogP contribution is 2.26. The third-order valence-corrected chi connectivity index (χ3v) is 2.89. The number of benzene rings is 1. The molecule has 0 spiro atoms. The molecule has 0 saturated heterocycles. The van der Waals surface area contributed by atoms with E-state index in [-0.39, 0.29) is 16.4 Å². The number of halogens is 3. The summed E-state index contributed by atoms with van der Waals surface area (Å²) in [4.78, 5) is 14.6. The lowest BCUT2D eigenvalue weighted by atomic mass is 10.2. The molecule has 7 heteroatoms. The summed E-state index contributed by atoms with van der Waals surface area (Å²) in [5, 5.41) is 11.2. The topological polar surface area (TPSA) is 62.2 Å². The van der Waals surface area contributed by atoms with Gasteiger partial charge in [0.2, 0.25) is 0 Å². The zero-order chi connectivity index (χ0) is 14.9. The second kappa shape index (κ2) is 5.42. The van der Waals surface area contributed by atoms with Crippen LogP contribution in [0.25, 0.3) is 0 Å². The summed E-state index contributed by atoms with van der Waals surface area (Å²) in [5.41, 5.74) is -0.539. The van der Waals surface area contributed by atoms with Gasteiger partial charge < -0.3 is 10.4 Å². The third-order valence-electron chi connectivity index (χ3n) is 2.59. The Balaban J connectivity index is 2.43. The van der Waals surface area contributed by atoms with E-state index in [1.54, 1.807) is 0 Å². The fourth-order valence-electron chi connectivity index (χ4n) is 1.56. The third kappa shape index (κ3) is 2.70. The van der Waals surface area contributed by atoms with Crippen molar-refractivity contribution >= 4 is 29.1 Å². The van der Waals surface area contributed by atoms with Gasteiger partial charge in [0.25, 0.3) is 0 Å². The molecule has 4 nitrogen and oxygen atoms in total. The van der Waals surface area contributed by atoms with E-state index in [0.29, 0.717) is 0 Å². The van der Waals surface area contributed by atoms with Gasteiger partial charge in [0.1, 0.15) is 17.3 Å². The van der Waals surface area contributed by atoms with Crippen LogP contribution in [0.2, 0.25) is 5.02 Å². The molecule has 2 aromatic rings. The molecule has 0 fully saturated rings. The Kier molecular flexibility index (Phi) is 3.85. The Hall–Kier alpha value is -2.21. The number of aryl methyl sites for hydroxylation is 1. The summed E-state index contributed by atoms with van der Waals surface area (Å²) in [6.45, 7) is 1.48. The van der Waals surface area contributed by atoms with E-state index in [1.165, 1.54) is 25.1 Å². The molecule has 0 atom stereocenters. The van der Waals surface area contributed by atoms with Crippen LogP contribution in [0.3, 0.4) is 0 Å². The van der Waals surface area contributed by atoms with Crippen molar-refractivity contribution in [3.8, 4) is 0 Å². The maximum atomic E-state index is 13.8. The summed E-state index contributed by atoms with van der Waals surface area (Å²) < 4.78 is 27.4. The van der Waals surface area contributed by atoms with Gasteiger partial charge in [0.05, 0.1) is 5.02 Å². The Bertz CT molecular complexity index is 692. The number of nitrogens with zero attached hydrogens (tertiary/aromatic N) is 1. The van der Waals surface area contributed by atoms with Crippen LogP contribution in [0.15, 0.2) is 24.3 Å². The largest absolute Gasteiger partial charge is 0.476 e. The van der Waals surface area contributed by atoms with Gasteiger partial charge in [-0.1, -0.05) is 17.7 Å². The van der Waals surface area contributed by atoms with Crippen molar-refractivity contribution in [3.05, 3.63) is 52.2 Å². The molecule has 0 aliphatic carbocycles. The smallest absolute Gasteiger partial charge is 0.356 e. The zero-order valence-corrected chi connectivity index (χ0v) is 11.0. The van der Waals surface area contributed by atoms with Crippen molar-refractivity contribution in [2.45, 2.75) is 6.92 Å². The number of carbonyl (C=O) groups is 1. The van der Waals surface area contributed by atoms with E-state index >= 15 is 0 Å². The maximum Gasteiger partial charge on any atom is 0.356 e. The second-order valence-corrected chi connectivity index (χ2v) is 4.42. The summed E-state index contributed by atoms with van der Waals surface area (Å²) in [7, 11) is 0. The normalized spacial score (nSPS) is 10.4. The first kappa shape index (κ1) is 14.2.